The van der Waals surface area contributed by atoms with Crippen molar-refractivity contribution in [3.8, 4) is 0 Å². The molecule has 0 fully saturated rings. The van der Waals surface area contributed by atoms with Crippen LogP contribution in [0.3, 0.4) is 0 Å². The number of aromatic nitrogens is 3. The summed E-state index contributed by atoms with van der Waals surface area (Å²) in [4.78, 5) is 30.2. The fourth-order valence-corrected chi connectivity index (χ4v) is 3.09. The van der Waals surface area contributed by atoms with Crippen molar-refractivity contribution < 1.29 is 22.8 Å². The molecule has 0 radical (unpaired) electrons. The molecule has 0 spiro atoms. The minimum absolute atomic E-state index is 0.214. The predicted octanol–water partition coefficient (Wildman–Crippen LogP) is 3.03. The molecule has 3 aromatic rings. The molecule has 0 saturated heterocycles. The van der Waals surface area contributed by atoms with E-state index in [9.17, 15) is 22.8 Å². The number of benzene rings is 1. The summed E-state index contributed by atoms with van der Waals surface area (Å²) in [6.45, 7) is 3.15. The number of hydrogen-bond donors (Lipinski definition) is 3. The number of nitrogen functional groups attached to an aromatic ring is 1. The summed E-state index contributed by atoms with van der Waals surface area (Å²) < 4.78 is 38.6. The van der Waals surface area contributed by atoms with Gasteiger partial charge in [0, 0.05) is 7.05 Å². The van der Waals surface area contributed by atoms with Gasteiger partial charge < -0.3 is 16.0 Å². The van der Waals surface area contributed by atoms with Crippen LogP contribution in [0.15, 0.2) is 30.6 Å². The minimum Gasteiger partial charge on any atom is -0.383 e. The van der Waals surface area contributed by atoms with Gasteiger partial charge in [0.05, 0.1) is 40.6 Å². The average molecular weight is 420 g/mol. The third-order valence-corrected chi connectivity index (χ3v) is 4.91. The molecule has 2 heterocycles. The Kier molecular flexibility index (Phi) is 5.38. The van der Waals surface area contributed by atoms with Gasteiger partial charge in [0.2, 0.25) is 0 Å². The SMILES string of the molecule is Cc1cc(C(F)(F)F)ccc1[C@@H](C)N(C)C(=O)C(=O)Nc1cnc(N)c2cn[nH]c12. The zero-order chi connectivity index (χ0) is 22.2. The minimum atomic E-state index is -4.46. The van der Waals surface area contributed by atoms with Gasteiger partial charge in [-0.05, 0) is 37.1 Å². The van der Waals surface area contributed by atoms with E-state index in [0.29, 0.717) is 22.0 Å². The normalized spacial score (nSPS) is 12.6. The lowest BCUT2D eigenvalue weighted by Gasteiger charge is -2.26. The molecule has 3 rings (SSSR count). The van der Waals surface area contributed by atoms with Gasteiger partial charge in [-0.25, -0.2) is 4.98 Å². The average Bonchev–Trinajstić information content (AvgIpc) is 3.18. The first kappa shape index (κ1) is 21.1. The molecule has 0 saturated carbocycles. The second-order valence-corrected chi connectivity index (χ2v) is 6.83. The third kappa shape index (κ3) is 3.91. The van der Waals surface area contributed by atoms with Crippen LogP contribution in [-0.2, 0) is 15.8 Å². The molecular weight excluding hydrogens is 401 g/mol. The Hall–Kier alpha value is -3.63. The molecule has 0 unspecified atom stereocenters. The fraction of sp³-hybridized carbons (Fsp3) is 0.263. The molecule has 0 aliphatic rings. The van der Waals surface area contributed by atoms with Crippen molar-refractivity contribution in [1.82, 2.24) is 20.1 Å². The number of carbonyl (C=O) groups is 2. The summed E-state index contributed by atoms with van der Waals surface area (Å²) in [5.74, 6) is -1.59. The molecule has 1 atom stereocenters. The van der Waals surface area contributed by atoms with E-state index < -0.39 is 29.6 Å². The number of nitrogens with zero attached hydrogens (tertiary/aromatic N) is 3. The van der Waals surface area contributed by atoms with E-state index in [4.69, 9.17) is 5.73 Å². The molecule has 0 bridgehead atoms. The summed E-state index contributed by atoms with van der Waals surface area (Å²) in [7, 11) is 1.40. The van der Waals surface area contributed by atoms with Crippen LogP contribution in [0.1, 0.15) is 29.7 Å². The van der Waals surface area contributed by atoms with Crippen molar-refractivity contribution in [2.75, 3.05) is 18.1 Å². The first-order valence-electron chi connectivity index (χ1n) is 8.84. The summed E-state index contributed by atoms with van der Waals surface area (Å²) >= 11 is 0. The number of likely N-dealkylation sites (N-methyl/N-ethyl adjacent to an activating group) is 1. The van der Waals surface area contributed by atoms with Crippen molar-refractivity contribution in [3.05, 3.63) is 47.3 Å². The number of nitrogens with one attached hydrogen (secondary N) is 2. The second kappa shape index (κ2) is 7.65. The van der Waals surface area contributed by atoms with Gasteiger partial charge in [0.25, 0.3) is 0 Å². The van der Waals surface area contributed by atoms with Crippen LogP contribution in [0.5, 0.6) is 0 Å². The topological polar surface area (TPSA) is 117 Å². The highest BCUT2D eigenvalue weighted by Gasteiger charge is 2.32. The lowest BCUT2D eigenvalue weighted by atomic mass is 9.98. The number of pyridine rings is 1. The van der Waals surface area contributed by atoms with Gasteiger partial charge in [-0.3, -0.25) is 14.7 Å². The van der Waals surface area contributed by atoms with Gasteiger partial charge in [0.15, 0.2) is 0 Å². The zero-order valence-electron chi connectivity index (χ0n) is 16.3. The molecule has 11 heteroatoms. The quantitative estimate of drug-likeness (QED) is 0.563. The molecule has 8 nitrogen and oxygen atoms in total. The Morgan fingerprint density at radius 2 is 1.97 bits per heavy atom. The largest absolute Gasteiger partial charge is 0.416 e. The number of nitrogens with two attached hydrogens (primary N) is 1. The molecule has 158 valence electrons. The molecule has 2 aromatic heterocycles. The Labute approximate surface area is 169 Å². The maximum absolute atomic E-state index is 12.9. The van der Waals surface area contributed by atoms with E-state index in [1.165, 1.54) is 32.4 Å². The number of hydrogen-bond acceptors (Lipinski definition) is 5. The van der Waals surface area contributed by atoms with Crippen LogP contribution >= 0.6 is 0 Å². The fourth-order valence-electron chi connectivity index (χ4n) is 3.09. The van der Waals surface area contributed by atoms with Crippen LogP contribution in [0.2, 0.25) is 0 Å². The number of amides is 2. The molecular formula is C19H19F3N6O2. The van der Waals surface area contributed by atoms with Crippen LogP contribution in [0.25, 0.3) is 10.9 Å². The number of H-pyrrole nitrogens is 1. The summed E-state index contributed by atoms with van der Waals surface area (Å²) in [6.07, 6.45) is -1.72. The standard InChI is InChI=1S/C19H19F3N6O2/c1-9-6-11(19(20,21)22)4-5-12(9)10(2)28(3)18(30)17(29)26-14-8-24-16(23)13-7-25-27-15(13)14/h4-8,10H,1-3H3,(H2,23,24)(H,25,27)(H,26,29)/t10-/m1/s1. The highest BCUT2D eigenvalue weighted by Crippen LogP contribution is 2.32. The van der Waals surface area contributed by atoms with Crippen molar-refractivity contribution in [1.29, 1.82) is 0 Å². The molecule has 1 aromatic carbocycles. The van der Waals surface area contributed by atoms with Crippen molar-refractivity contribution in [2.45, 2.75) is 26.1 Å². The smallest absolute Gasteiger partial charge is 0.383 e. The van der Waals surface area contributed by atoms with E-state index in [0.717, 1.165) is 17.0 Å². The number of halogens is 3. The number of fused-ring (bicyclic) bond motifs is 1. The van der Waals surface area contributed by atoms with Gasteiger partial charge in [0.1, 0.15) is 5.82 Å². The maximum Gasteiger partial charge on any atom is 0.416 e. The van der Waals surface area contributed by atoms with Gasteiger partial charge in [-0.2, -0.15) is 18.3 Å². The molecule has 0 aliphatic heterocycles. The van der Waals surface area contributed by atoms with Gasteiger partial charge in [-0.1, -0.05) is 6.07 Å². The number of anilines is 2. The van der Waals surface area contributed by atoms with Gasteiger partial charge in [-0.15, -0.1) is 0 Å². The van der Waals surface area contributed by atoms with Crippen LogP contribution < -0.4 is 11.1 Å². The van der Waals surface area contributed by atoms with E-state index >= 15 is 0 Å². The van der Waals surface area contributed by atoms with Crippen LogP contribution in [0, 0.1) is 6.92 Å². The highest BCUT2D eigenvalue weighted by molar-refractivity contribution is 6.40. The predicted molar refractivity (Wildman–Crippen MR) is 104 cm³/mol. The number of rotatable bonds is 3. The Morgan fingerprint density at radius 3 is 2.60 bits per heavy atom. The molecule has 30 heavy (non-hydrogen) atoms. The Morgan fingerprint density at radius 1 is 1.27 bits per heavy atom. The maximum atomic E-state index is 12.9. The van der Waals surface area contributed by atoms with Crippen LogP contribution in [0.4, 0.5) is 24.7 Å². The number of aryl methyl sites for hydroxylation is 1. The van der Waals surface area contributed by atoms with Crippen molar-refractivity contribution >= 4 is 34.2 Å². The van der Waals surface area contributed by atoms with E-state index in [2.05, 4.69) is 20.5 Å². The zero-order valence-corrected chi connectivity index (χ0v) is 16.3. The van der Waals surface area contributed by atoms with E-state index in [-0.39, 0.29) is 11.5 Å². The van der Waals surface area contributed by atoms with E-state index in [1.807, 2.05) is 0 Å². The summed E-state index contributed by atoms with van der Waals surface area (Å²) in [5, 5.41) is 9.46. The van der Waals surface area contributed by atoms with Crippen molar-refractivity contribution in [2.24, 2.45) is 0 Å². The molecule has 0 aliphatic carbocycles. The number of carbonyl (C=O) groups excluding carboxylic acids is 2. The monoisotopic (exact) mass is 420 g/mol. The first-order chi connectivity index (χ1) is 14.0. The second-order valence-electron chi connectivity index (χ2n) is 6.83. The number of aromatic amines is 1. The van der Waals surface area contributed by atoms with E-state index in [1.54, 1.807) is 6.92 Å². The third-order valence-electron chi connectivity index (χ3n) is 4.91. The lowest BCUT2D eigenvalue weighted by Crippen LogP contribution is -2.38. The Bertz CT molecular complexity index is 1130. The Balaban J connectivity index is 1.78. The first-order valence-corrected chi connectivity index (χ1v) is 8.84. The number of alkyl halides is 3. The molecule has 2 amide bonds. The van der Waals surface area contributed by atoms with Gasteiger partial charge >= 0.3 is 18.0 Å². The summed E-state index contributed by atoms with van der Waals surface area (Å²) in [5.41, 5.74) is 6.45. The van der Waals surface area contributed by atoms with Crippen LogP contribution in [-0.4, -0.2) is 38.9 Å². The highest BCUT2D eigenvalue weighted by atomic mass is 19.4. The summed E-state index contributed by atoms with van der Waals surface area (Å²) in [6, 6.07) is 2.64. The lowest BCUT2D eigenvalue weighted by molar-refractivity contribution is -0.143. The van der Waals surface area contributed by atoms with Crippen molar-refractivity contribution in [3.63, 3.8) is 0 Å². The molecule has 4 N–H and O–H groups in total.